The first-order valence-corrected chi connectivity index (χ1v) is 5.81. The summed E-state index contributed by atoms with van der Waals surface area (Å²) < 4.78 is 0. The van der Waals surface area contributed by atoms with Crippen molar-refractivity contribution in [1.82, 2.24) is 0 Å². The van der Waals surface area contributed by atoms with Crippen LogP contribution < -0.4 is 0 Å². The minimum atomic E-state index is -0.908. The molecule has 17 heavy (non-hydrogen) atoms. The van der Waals surface area contributed by atoms with Crippen molar-refractivity contribution in [1.29, 1.82) is 5.26 Å². The van der Waals surface area contributed by atoms with Gasteiger partial charge in [-0.15, -0.1) is 0 Å². The molecule has 0 N–H and O–H groups in total. The van der Waals surface area contributed by atoms with Crippen molar-refractivity contribution in [2.45, 2.75) is 51.0 Å². The Balaban J connectivity index is 2.31. The molecular formula is C12H17NO4. The van der Waals surface area contributed by atoms with Crippen molar-refractivity contribution in [3.8, 4) is 6.07 Å². The van der Waals surface area contributed by atoms with Crippen molar-refractivity contribution in [2.24, 2.45) is 0 Å². The summed E-state index contributed by atoms with van der Waals surface area (Å²) in [7, 11) is 0. The van der Waals surface area contributed by atoms with Gasteiger partial charge in [-0.1, -0.05) is 6.42 Å². The fourth-order valence-electron chi connectivity index (χ4n) is 1.87. The van der Waals surface area contributed by atoms with Crippen LogP contribution in [0.15, 0.2) is 0 Å². The Hall–Kier alpha value is -1.25. The molecule has 0 aromatic heterocycles. The Morgan fingerprint density at radius 2 is 1.94 bits per heavy atom. The maximum absolute atomic E-state index is 11.2. The van der Waals surface area contributed by atoms with E-state index >= 15 is 0 Å². The quantitative estimate of drug-likeness (QED) is 0.400. The molecule has 1 fully saturated rings. The van der Waals surface area contributed by atoms with Crippen molar-refractivity contribution in [3.05, 3.63) is 0 Å². The molecule has 1 aliphatic rings. The van der Waals surface area contributed by atoms with E-state index in [2.05, 4.69) is 6.07 Å². The molecule has 1 aliphatic carbocycles. The molecule has 0 unspecified atom stereocenters. The maximum Gasteiger partial charge on any atom is 0.189 e. The second kappa shape index (κ2) is 6.48. The van der Waals surface area contributed by atoms with Gasteiger partial charge in [0.05, 0.1) is 6.42 Å². The van der Waals surface area contributed by atoms with Crippen molar-refractivity contribution >= 4 is 11.6 Å². The van der Waals surface area contributed by atoms with Crippen LogP contribution in [0.2, 0.25) is 0 Å². The highest BCUT2D eigenvalue weighted by Crippen LogP contribution is 2.31. The van der Waals surface area contributed by atoms with Gasteiger partial charge in [-0.2, -0.15) is 5.26 Å². The number of carbonyl (C=O) groups excluding carboxylic acids is 2. The monoisotopic (exact) mass is 239 g/mol. The third-order valence-corrected chi connectivity index (χ3v) is 2.75. The first kappa shape index (κ1) is 13.8. The van der Waals surface area contributed by atoms with Crippen LogP contribution in [-0.2, 0) is 19.4 Å². The molecule has 0 radical (unpaired) electrons. The highest BCUT2D eigenvalue weighted by atomic mass is 17.2. The van der Waals surface area contributed by atoms with Gasteiger partial charge >= 0.3 is 0 Å². The molecular weight excluding hydrogens is 222 g/mol. The topological polar surface area (TPSA) is 76.4 Å². The molecule has 0 atom stereocenters. The van der Waals surface area contributed by atoms with Gasteiger partial charge < -0.3 is 0 Å². The van der Waals surface area contributed by atoms with E-state index in [1.54, 1.807) is 0 Å². The minimum Gasteiger partial charge on any atom is -0.300 e. The summed E-state index contributed by atoms with van der Waals surface area (Å²) in [5.74, 6) is -0.535. The zero-order valence-corrected chi connectivity index (χ0v) is 10.0. The normalized spacial score (nSPS) is 18.4. The Labute approximate surface area is 101 Å². The van der Waals surface area contributed by atoms with E-state index in [4.69, 9.17) is 15.0 Å². The van der Waals surface area contributed by atoms with Crippen molar-refractivity contribution in [3.63, 3.8) is 0 Å². The fourth-order valence-corrected chi connectivity index (χ4v) is 1.87. The Morgan fingerprint density at radius 1 is 1.29 bits per heavy atom. The molecule has 5 nitrogen and oxygen atoms in total. The van der Waals surface area contributed by atoms with E-state index < -0.39 is 5.60 Å². The zero-order chi connectivity index (χ0) is 12.7. The van der Waals surface area contributed by atoms with Gasteiger partial charge in [0, 0.05) is 0 Å². The molecule has 0 spiro atoms. The van der Waals surface area contributed by atoms with Crippen LogP contribution in [0.5, 0.6) is 0 Å². The molecule has 1 saturated carbocycles. The largest absolute Gasteiger partial charge is 0.300 e. The number of nitrogens with zero attached hydrogens (tertiary/aromatic N) is 1. The van der Waals surface area contributed by atoms with E-state index in [1.807, 2.05) is 0 Å². The van der Waals surface area contributed by atoms with Gasteiger partial charge in [0.25, 0.3) is 0 Å². The summed E-state index contributed by atoms with van der Waals surface area (Å²) in [5, 5.41) is 9.06. The number of hydrogen-bond acceptors (Lipinski definition) is 5. The molecule has 1 rings (SSSR count). The third-order valence-electron chi connectivity index (χ3n) is 2.75. The van der Waals surface area contributed by atoms with E-state index in [0.717, 1.165) is 19.3 Å². The number of rotatable bonds is 6. The van der Waals surface area contributed by atoms with E-state index in [1.165, 1.54) is 6.92 Å². The average molecular weight is 239 g/mol. The van der Waals surface area contributed by atoms with Gasteiger partial charge in [-0.05, 0) is 32.6 Å². The molecule has 5 heteroatoms. The number of hydrogen-bond donors (Lipinski definition) is 0. The summed E-state index contributed by atoms with van der Waals surface area (Å²) in [4.78, 5) is 31.7. The van der Waals surface area contributed by atoms with E-state index in [-0.39, 0.29) is 24.6 Å². The summed E-state index contributed by atoms with van der Waals surface area (Å²) >= 11 is 0. The second-order valence-electron chi connectivity index (χ2n) is 4.43. The summed E-state index contributed by atoms with van der Waals surface area (Å²) in [6.07, 6.45) is 4.06. The average Bonchev–Trinajstić information content (AvgIpc) is 2.29. The lowest BCUT2D eigenvalue weighted by atomic mass is 9.86. The van der Waals surface area contributed by atoms with Crippen molar-refractivity contribution in [2.75, 3.05) is 6.61 Å². The maximum atomic E-state index is 11.2. The predicted octanol–water partition coefficient (Wildman–Crippen LogP) is 1.71. The molecule has 0 aromatic carbocycles. The fraction of sp³-hybridized carbons (Fsp3) is 0.750. The second-order valence-corrected chi connectivity index (χ2v) is 4.43. The van der Waals surface area contributed by atoms with Crippen LogP contribution in [0.1, 0.15) is 45.4 Å². The Kier molecular flexibility index (Phi) is 5.26. The van der Waals surface area contributed by atoms with Crippen LogP contribution in [0.3, 0.4) is 0 Å². The molecule has 94 valence electrons. The number of carbonyl (C=O) groups is 2. The Morgan fingerprint density at radius 3 is 2.47 bits per heavy atom. The zero-order valence-electron chi connectivity index (χ0n) is 10.0. The van der Waals surface area contributed by atoms with Gasteiger partial charge in [-0.3, -0.25) is 9.59 Å². The van der Waals surface area contributed by atoms with Crippen LogP contribution in [0.25, 0.3) is 0 Å². The van der Waals surface area contributed by atoms with Gasteiger partial charge in [0.2, 0.25) is 0 Å². The third kappa shape index (κ3) is 4.63. The van der Waals surface area contributed by atoms with E-state index in [9.17, 15) is 9.59 Å². The SMILES string of the molecule is CC(=O)CC(=O)COOC1(C#N)CCCCC1. The highest BCUT2D eigenvalue weighted by Gasteiger charge is 2.34. The van der Waals surface area contributed by atoms with Crippen LogP contribution in [0, 0.1) is 11.3 Å². The highest BCUT2D eigenvalue weighted by molar-refractivity contribution is 5.98. The molecule has 0 amide bonds. The molecule has 0 saturated heterocycles. The number of ketones is 2. The summed E-state index contributed by atoms with van der Waals surface area (Å²) in [5.41, 5.74) is -0.908. The van der Waals surface area contributed by atoms with E-state index in [0.29, 0.717) is 12.8 Å². The smallest absolute Gasteiger partial charge is 0.189 e. The van der Waals surface area contributed by atoms with Crippen molar-refractivity contribution < 1.29 is 19.4 Å². The first-order valence-electron chi connectivity index (χ1n) is 5.81. The van der Waals surface area contributed by atoms with Crippen LogP contribution in [0.4, 0.5) is 0 Å². The predicted molar refractivity (Wildman–Crippen MR) is 58.8 cm³/mol. The Bertz CT molecular complexity index is 326. The molecule has 0 aromatic rings. The van der Waals surface area contributed by atoms with Gasteiger partial charge in [0.1, 0.15) is 18.5 Å². The standard InChI is InChI=1S/C12H17NO4/c1-10(14)7-11(15)8-16-17-12(9-13)5-3-2-4-6-12/h2-8H2,1H3. The van der Waals surface area contributed by atoms with Gasteiger partial charge in [0.15, 0.2) is 11.4 Å². The lowest BCUT2D eigenvalue weighted by Gasteiger charge is -2.28. The van der Waals surface area contributed by atoms with Crippen LogP contribution in [-0.4, -0.2) is 23.8 Å². The summed E-state index contributed by atoms with van der Waals surface area (Å²) in [6, 6.07) is 2.11. The summed E-state index contributed by atoms with van der Waals surface area (Å²) in [6.45, 7) is 1.07. The first-order chi connectivity index (χ1) is 8.08. The number of nitriles is 1. The molecule has 0 heterocycles. The molecule has 0 aliphatic heterocycles. The minimum absolute atomic E-state index is 0.150. The lowest BCUT2D eigenvalue weighted by molar-refractivity contribution is -0.345. The molecule has 0 bridgehead atoms. The van der Waals surface area contributed by atoms with Gasteiger partial charge in [-0.25, -0.2) is 9.78 Å². The van der Waals surface area contributed by atoms with Crippen LogP contribution >= 0.6 is 0 Å². The lowest BCUT2D eigenvalue weighted by Crippen LogP contribution is -2.34. The number of Topliss-reactive ketones (excluding diaryl/α,β-unsaturated/α-hetero) is 2.